The lowest BCUT2D eigenvalue weighted by Crippen LogP contribution is -2.08. The highest BCUT2D eigenvalue weighted by Gasteiger charge is 2.03. The topological polar surface area (TPSA) is 46.0 Å². The van der Waals surface area contributed by atoms with Crippen molar-refractivity contribution in [2.75, 3.05) is 0 Å². The molecule has 1 N–H and O–H groups in total. The van der Waals surface area contributed by atoms with Gasteiger partial charge in [-0.05, 0) is 18.9 Å². The Labute approximate surface area is 78.9 Å². The third-order valence-electron chi connectivity index (χ3n) is 1.94. The minimum absolute atomic E-state index is 0.200. The highest BCUT2D eigenvalue weighted by atomic mass is 16.3. The van der Waals surface area contributed by atoms with E-state index in [9.17, 15) is 5.11 Å². The van der Waals surface area contributed by atoms with Gasteiger partial charge in [-0.2, -0.15) is 0 Å². The van der Waals surface area contributed by atoms with Crippen LogP contribution < -0.4 is 0 Å². The molecule has 0 amide bonds. The standard InChI is InChI=1S/C10H16N2O/c1-2-4-9(13)5-6-10-11-7-3-8-12-10/h3,7-9,13H,2,4-6H2,1H3. The lowest BCUT2D eigenvalue weighted by molar-refractivity contribution is 0.153. The van der Waals surface area contributed by atoms with Crippen molar-refractivity contribution in [3.8, 4) is 0 Å². The van der Waals surface area contributed by atoms with E-state index < -0.39 is 0 Å². The summed E-state index contributed by atoms with van der Waals surface area (Å²) in [7, 11) is 0. The van der Waals surface area contributed by atoms with Crippen LogP contribution in [0.1, 0.15) is 32.0 Å². The van der Waals surface area contributed by atoms with Crippen molar-refractivity contribution in [3.63, 3.8) is 0 Å². The average molecular weight is 180 g/mol. The van der Waals surface area contributed by atoms with Crippen LogP contribution in [0.4, 0.5) is 0 Å². The summed E-state index contributed by atoms with van der Waals surface area (Å²) in [6, 6.07) is 1.80. The van der Waals surface area contributed by atoms with E-state index in [1.165, 1.54) is 0 Å². The van der Waals surface area contributed by atoms with E-state index in [2.05, 4.69) is 16.9 Å². The number of nitrogens with zero attached hydrogens (tertiary/aromatic N) is 2. The van der Waals surface area contributed by atoms with Crippen LogP contribution in [-0.2, 0) is 6.42 Å². The molecule has 72 valence electrons. The van der Waals surface area contributed by atoms with Gasteiger partial charge in [-0.1, -0.05) is 13.3 Å². The van der Waals surface area contributed by atoms with Gasteiger partial charge in [-0.3, -0.25) is 0 Å². The molecule has 0 saturated carbocycles. The summed E-state index contributed by atoms with van der Waals surface area (Å²) in [4.78, 5) is 8.18. The molecule has 0 radical (unpaired) electrons. The van der Waals surface area contributed by atoms with Gasteiger partial charge in [0.2, 0.25) is 0 Å². The van der Waals surface area contributed by atoms with Crippen LogP contribution in [0.5, 0.6) is 0 Å². The van der Waals surface area contributed by atoms with E-state index in [0.29, 0.717) is 0 Å². The van der Waals surface area contributed by atoms with Gasteiger partial charge >= 0.3 is 0 Å². The molecule has 0 fully saturated rings. The molecule has 1 unspecified atom stereocenters. The second-order valence-corrected chi connectivity index (χ2v) is 3.15. The fourth-order valence-electron chi connectivity index (χ4n) is 1.23. The lowest BCUT2D eigenvalue weighted by atomic mass is 10.1. The Hall–Kier alpha value is -0.960. The number of aliphatic hydroxyl groups excluding tert-OH is 1. The van der Waals surface area contributed by atoms with E-state index in [0.717, 1.165) is 31.5 Å². The fourth-order valence-corrected chi connectivity index (χ4v) is 1.23. The van der Waals surface area contributed by atoms with E-state index in [1.54, 1.807) is 18.5 Å². The average Bonchev–Trinajstić information content (AvgIpc) is 2.17. The normalized spacial score (nSPS) is 12.8. The molecule has 0 aliphatic heterocycles. The minimum Gasteiger partial charge on any atom is -0.393 e. The van der Waals surface area contributed by atoms with Crippen LogP contribution >= 0.6 is 0 Å². The second kappa shape index (κ2) is 5.65. The number of hydrogen-bond acceptors (Lipinski definition) is 3. The number of rotatable bonds is 5. The zero-order valence-electron chi connectivity index (χ0n) is 7.98. The molecule has 0 aromatic carbocycles. The SMILES string of the molecule is CCCC(O)CCc1ncccn1. The molecular formula is C10H16N2O. The van der Waals surface area contributed by atoms with Gasteiger partial charge < -0.3 is 5.11 Å². The summed E-state index contributed by atoms with van der Waals surface area (Å²) in [6.07, 6.45) is 6.68. The van der Waals surface area contributed by atoms with Crippen LogP contribution in [0.15, 0.2) is 18.5 Å². The molecule has 13 heavy (non-hydrogen) atoms. The van der Waals surface area contributed by atoms with Gasteiger partial charge in [0, 0.05) is 18.8 Å². The summed E-state index contributed by atoms with van der Waals surface area (Å²) in [6.45, 7) is 2.07. The van der Waals surface area contributed by atoms with Gasteiger partial charge in [0.25, 0.3) is 0 Å². The van der Waals surface area contributed by atoms with Crippen molar-refractivity contribution in [1.82, 2.24) is 9.97 Å². The van der Waals surface area contributed by atoms with Gasteiger partial charge in [0.05, 0.1) is 6.10 Å². The summed E-state index contributed by atoms with van der Waals surface area (Å²) in [5.74, 6) is 0.817. The molecule has 0 aliphatic carbocycles. The van der Waals surface area contributed by atoms with E-state index in [1.807, 2.05) is 0 Å². The van der Waals surface area contributed by atoms with Gasteiger partial charge in [-0.25, -0.2) is 9.97 Å². The maximum Gasteiger partial charge on any atom is 0.128 e. The fraction of sp³-hybridized carbons (Fsp3) is 0.600. The first-order valence-electron chi connectivity index (χ1n) is 4.77. The van der Waals surface area contributed by atoms with Crippen LogP contribution in [0, 0.1) is 0 Å². The molecule has 1 aromatic heterocycles. The van der Waals surface area contributed by atoms with Crippen molar-refractivity contribution in [2.24, 2.45) is 0 Å². The maximum atomic E-state index is 9.45. The Morgan fingerprint density at radius 2 is 2.00 bits per heavy atom. The molecule has 3 heteroatoms. The Kier molecular flexibility index (Phi) is 4.40. The summed E-state index contributed by atoms with van der Waals surface area (Å²) in [5, 5.41) is 9.45. The largest absolute Gasteiger partial charge is 0.393 e. The van der Waals surface area contributed by atoms with Gasteiger partial charge in [-0.15, -0.1) is 0 Å². The molecule has 1 heterocycles. The number of hydrogen-bond donors (Lipinski definition) is 1. The molecule has 1 atom stereocenters. The molecule has 3 nitrogen and oxygen atoms in total. The second-order valence-electron chi connectivity index (χ2n) is 3.15. The Morgan fingerprint density at radius 3 is 2.62 bits per heavy atom. The minimum atomic E-state index is -0.200. The predicted molar refractivity (Wildman–Crippen MR) is 51.3 cm³/mol. The van der Waals surface area contributed by atoms with E-state index in [4.69, 9.17) is 0 Å². The first kappa shape index (κ1) is 10.1. The van der Waals surface area contributed by atoms with Crippen molar-refractivity contribution in [2.45, 2.75) is 38.7 Å². The molecular weight excluding hydrogens is 164 g/mol. The predicted octanol–water partition coefficient (Wildman–Crippen LogP) is 1.57. The number of aryl methyl sites for hydroxylation is 1. The third-order valence-corrected chi connectivity index (χ3v) is 1.94. The molecule has 1 aromatic rings. The smallest absolute Gasteiger partial charge is 0.128 e. The summed E-state index contributed by atoms with van der Waals surface area (Å²) in [5.41, 5.74) is 0. The first-order valence-corrected chi connectivity index (χ1v) is 4.77. The lowest BCUT2D eigenvalue weighted by Gasteiger charge is -2.07. The summed E-state index contributed by atoms with van der Waals surface area (Å²) >= 11 is 0. The quantitative estimate of drug-likeness (QED) is 0.748. The highest BCUT2D eigenvalue weighted by molar-refractivity contribution is 4.88. The highest BCUT2D eigenvalue weighted by Crippen LogP contribution is 2.04. The van der Waals surface area contributed by atoms with Crippen molar-refractivity contribution in [3.05, 3.63) is 24.3 Å². The molecule has 0 spiro atoms. The first-order chi connectivity index (χ1) is 6.33. The monoisotopic (exact) mass is 180 g/mol. The Bertz CT molecular complexity index is 226. The zero-order valence-corrected chi connectivity index (χ0v) is 7.98. The zero-order chi connectivity index (χ0) is 9.52. The maximum absolute atomic E-state index is 9.45. The molecule has 0 bridgehead atoms. The molecule has 0 saturated heterocycles. The Balaban J connectivity index is 2.27. The van der Waals surface area contributed by atoms with Crippen LogP contribution in [0.2, 0.25) is 0 Å². The van der Waals surface area contributed by atoms with Crippen LogP contribution in [0.25, 0.3) is 0 Å². The molecule has 1 rings (SSSR count). The van der Waals surface area contributed by atoms with Crippen molar-refractivity contribution in [1.29, 1.82) is 0 Å². The van der Waals surface area contributed by atoms with Crippen molar-refractivity contribution < 1.29 is 5.11 Å². The summed E-state index contributed by atoms with van der Waals surface area (Å²) < 4.78 is 0. The van der Waals surface area contributed by atoms with Crippen LogP contribution in [-0.4, -0.2) is 21.2 Å². The van der Waals surface area contributed by atoms with Crippen LogP contribution in [0.3, 0.4) is 0 Å². The van der Waals surface area contributed by atoms with E-state index >= 15 is 0 Å². The van der Waals surface area contributed by atoms with Crippen molar-refractivity contribution >= 4 is 0 Å². The van der Waals surface area contributed by atoms with Gasteiger partial charge in [0.1, 0.15) is 5.82 Å². The number of aromatic nitrogens is 2. The van der Waals surface area contributed by atoms with E-state index in [-0.39, 0.29) is 6.10 Å². The molecule has 0 aliphatic rings. The number of aliphatic hydroxyl groups is 1. The third kappa shape index (κ3) is 3.99. The van der Waals surface area contributed by atoms with Gasteiger partial charge in [0.15, 0.2) is 0 Å². The Morgan fingerprint density at radius 1 is 1.31 bits per heavy atom.